The molecule has 0 aromatic heterocycles. The van der Waals surface area contributed by atoms with E-state index < -0.39 is 97.5 Å². The van der Waals surface area contributed by atoms with Crippen molar-refractivity contribution in [3.8, 4) is 0 Å². The SMILES string of the molecule is CCCCCCCCCCCCCCCCCCC(=O)OC[C@H](COP(=O)(O)OC[C@@H](O)COP(=O)(O)OC[C@@H](COC(=O)CCCCCCCCC(C)CC)OC(=O)CCCCCCCCCCCCC)OC(=O)CCCCCCCCCCCCCCCCCC. The number of esters is 4. The summed E-state index contributed by atoms with van der Waals surface area (Å²) in [7, 11) is -9.90. The van der Waals surface area contributed by atoms with Crippen molar-refractivity contribution in [2.45, 2.75) is 406 Å². The summed E-state index contributed by atoms with van der Waals surface area (Å²) in [5.41, 5.74) is 0. The van der Waals surface area contributed by atoms with Gasteiger partial charge in [-0.25, -0.2) is 9.13 Å². The van der Waals surface area contributed by atoms with Crippen LogP contribution in [0.25, 0.3) is 0 Å². The van der Waals surface area contributed by atoms with Gasteiger partial charge in [-0.3, -0.25) is 37.3 Å². The quantitative estimate of drug-likeness (QED) is 0.0222. The van der Waals surface area contributed by atoms with Crippen molar-refractivity contribution in [1.82, 2.24) is 0 Å². The van der Waals surface area contributed by atoms with Crippen molar-refractivity contribution in [3.05, 3.63) is 0 Å². The summed E-state index contributed by atoms with van der Waals surface area (Å²) in [4.78, 5) is 72.7. The molecule has 0 aliphatic rings. The molecule has 0 amide bonds. The lowest BCUT2D eigenvalue weighted by atomic mass is 10.00. The van der Waals surface area contributed by atoms with Crippen molar-refractivity contribution in [2.75, 3.05) is 39.6 Å². The summed E-state index contributed by atoms with van der Waals surface area (Å²) >= 11 is 0. The van der Waals surface area contributed by atoms with Crippen molar-refractivity contribution < 1.29 is 80.2 Å². The Kier molecular flexibility index (Phi) is 65.9. The molecule has 0 radical (unpaired) electrons. The third-order valence-corrected chi connectivity index (χ3v) is 19.5. The van der Waals surface area contributed by atoms with Crippen molar-refractivity contribution in [1.29, 1.82) is 0 Å². The predicted octanol–water partition coefficient (Wildman–Crippen LogP) is 21.7. The van der Waals surface area contributed by atoms with Gasteiger partial charge in [0.25, 0.3) is 0 Å². The Morgan fingerprint density at radius 1 is 0.301 bits per heavy atom. The highest BCUT2D eigenvalue weighted by Crippen LogP contribution is 2.45. The topological polar surface area (TPSA) is 237 Å². The summed E-state index contributed by atoms with van der Waals surface area (Å²) in [5, 5.41) is 10.6. The Hall–Kier alpha value is -1.94. The molecule has 0 spiro atoms. The first-order chi connectivity index (χ1) is 45.1. The minimum atomic E-state index is -4.95. The Morgan fingerprint density at radius 3 is 0.763 bits per heavy atom. The largest absolute Gasteiger partial charge is 0.472 e. The summed E-state index contributed by atoms with van der Waals surface area (Å²) in [6.45, 7) is 7.24. The number of unbranched alkanes of at least 4 members (excludes halogenated alkanes) is 45. The van der Waals surface area contributed by atoms with E-state index in [4.69, 9.17) is 37.0 Å². The van der Waals surface area contributed by atoms with Gasteiger partial charge in [-0.1, -0.05) is 336 Å². The van der Waals surface area contributed by atoms with E-state index in [1.165, 1.54) is 205 Å². The Morgan fingerprint density at radius 2 is 0.516 bits per heavy atom. The molecule has 93 heavy (non-hydrogen) atoms. The zero-order valence-corrected chi connectivity index (χ0v) is 62.2. The van der Waals surface area contributed by atoms with Crippen LogP contribution in [0, 0.1) is 5.92 Å². The van der Waals surface area contributed by atoms with Gasteiger partial charge in [0.05, 0.1) is 26.4 Å². The fraction of sp³-hybridized carbons (Fsp3) is 0.946. The van der Waals surface area contributed by atoms with E-state index in [0.29, 0.717) is 25.7 Å². The minimum absolute atomic E-state index is 0.106. The second-order valence-corrected chi connectivity index (χ2v) is 29.8. The molecule has 0 saturated heterocycles. The van der Waals surface area contributed by atoms with Crippen LogP contribution in [0.15, 0.2) is 0 Å². The van der Waals surface area contributed by atoms with Crippen LogP contribution >= 0.6 is 15.6 Å². The van der Waals surface area contributed by atoms with Gasteiger partial charge < -0.3 is 33.8 Å². The second kappa shape index (κ2) is 67.3. The number of rotatable bonds is 74. The molecule has 0 heterocycles. The Labute approximate surface area is 568 Å². The van der Waals surface area contributed by atoms with E-state index in [9.17, 15) is 43.2 Å². The maximum Gasteiger partial charge on any atom is 0.472 e. The first-order valence-electron chi connectivity index (χ1n) is 38.7. The Bertz CT molecular complexity index is 1790. The van der Waals surface area contributed by atoms with Crippen LogP contribution in [0.4, 0.5) is 0 Å². The van der Waals surface area contributed by atoms with Gasteiger partial charge in [0, 0.05) is 25.7 Å². The second-order valence-electron chi connectivity index (χ2n) is 26.9. The number of phosphoric ester groups is 2. The van der Waals surface area contributed by atoms with E-state index in [-0.39, 0.29) is 25.7 Å². The zero-order chi connectivity index (χ0) is 68.4. The molecule has 3 N–H and O–H groups in total. The van der Waals surface area contributed by atoms with Crippen LogP contribution in [0.3, 0.4) is 0 Å². The number of carbonyl (C=O) groups excluding carboxylic acids is 4. The summed E-state index contributed by atoms with van der Waals surface area (Å²) < 4.78 is 68.4. The smallest absolute Gasteiger partial charge is 0.462 e. The fourth-order valence-electron chi connectivity index (χ4n) is 11.3. The monoisotopic (exact) mass is 1370 g/mol. The van der Waals surface area contributed by atoms with Gasteiger partial charge >= 0.3 is 39.5 Å². The zero-order valence-electron chi connectivity index (χ0n) is 60.4. The van der Waals surface area contributed by atoms with Gasteiger partial charge in [0.15, 0.2) is 12.2 Å². The molecule has 0 bridgehead atoms. The third-order valence-electron chi connectivity index (χ3n) is 17.6. The summed E-state index contributed by atoms with van der Waals surface area (Å²) in [6, 6.07) is 0. The number of aliphatic hydroxyl groups is 1. The maximum atomic E-state index is 13.1. The number of carbonyl (C=O) groups is 4. The highest BCUT2D eigenvalue weighted by Gasteiger charge is 2.30. The van der Waals surface area contributed by atoms with E-state index in [1.54, 1.807) is 0 Å². The average molecular weight is 1370 g/mol. The van der Waals surface area contributed by atoms with E-state index >= 15 is 0 Å². The van der Waals surface area contributed by atoms with Gasteiger partial charge in [0.1, 0.15) is 19.3 Å². The third kappa shape index (κ3) is 67.0. The molecular weight excluding hydrogens is 1220 g/mol. The molecule has 0 aliphatic carbocycles. The standard InChI is InChI=1S/C74H144O17P2/c1-6-10-13-16-19-22-25-27-29-31-33-36-38-41-47-52-57-71(76)84-63-69(90-74(79)60-55-50-43-40-37-34-32-30-28-26-23-20-17-14-11-7-2)65-88-92(80,81)86-61-68(75)62-87-93(82,83)89-66-70(64-85-72(77)58-53-48-45-44-46-51-56-67(5)9-4)91-73(78)59-54-49-42-39-35-24-21-18-15-12-8-3/h67-70,75H,6-66H2,1-5H3,(H,80,81)(H,82,83)/t67?,68-,69-,70-/m1/s1. The van der Waals surface area contributed by atoms with Crippen LogP contribution in [0.1, 0.15) is 388 Å². The minimum Gasteiger partial charge on any atom is -0.462 e. The molecule has 0 aromatic carbocycles. The van der Waals surface area contributed by atoms with Crippen LogP contribution in [0.2, 0.25) is 0 Å². The molecule has 19 heteroatoms. The van der Waals surface area contributed by atoms with Gasteiger partial charge in [-0.15, -0.1) is 0 Å². The highest BCUT2D eigenvalue weighted by atomic mass is 31.2. The van der Waals surface area contributed by atoms with Crippen LogP contribution in [0.5, 0.6) is 0 Å². The molecule has 0 aromatic rings. The molecule has 0 saturated carbocycles. The number of hydrogen-bond donors (Lipinski definition) is 3. The van der Waals surface area contributed by atoms with Crippen LogP contribution in [-0.4, -0.2) is 96.7 Å². The molecular formula is C74H144O17P2. The van der Waals surface area contributed by atoms with Gasteiger partial charge in [0.2, 0.25) is 0 Å². The lowest BCUT2D eigenvalue weighted by Crippen LogP contribution is -2.30. The lowest BCUT2D eigenvalue weighted by Gasteiger charge is -2.21. The first-order valence-corrected chi connectivity index (χ1v) is 41.7. The van der Waals surface area contributed by atoms with Crippen molar-refractivity contribution >= 4 is 39.5 Å². The molecule has 17 nitrogen and oxygen atoms in total. The summed E-state index contributed by atoms with van der Waals surface area (Å²) in [6.07, 6.45) is 55.4. The summed E-state index contributed by atoms with van der Waals surface area (Å²) in [5.74, 6) is -1.38. The lowest BCUT2D eigenvalue weighted by molar-refractivity contribution is -0.161. The predicted molar refractivity (Wildman–Crippen MR) is 377 cm³/mol. The molecule has 0 fully saturated rings. The number of phosphoric acid groups is 2. The van der Waals surface area contributed by atoms with Gasteiger partial charge in [-0.2, -0.15) is 0 Å². The van der Waals surface area contributed by atoms with Crippen molar-refractivity contribution in [3.63, 3.8) is 0 Å². The number of hydrogen-bond acceptors (Lipinski definition) is 15. The molecule has 3 unspecified atom stereocenters. The van der Waals surface area contributed by atoms with E-state index in [2.05, 4.69) is 34.6 Å². The van der Waals surface area contributed by atoms with Gasteiger partial charge in [-0.05, 0) is 31.6 Å². The normalized spacial score (nSPS) is 14.3. The van der Waals surface area contributed by atoms with E-state index in [1.807, 2.05) is 0 Å². The first kappa shape index (κ1) is 91.1. The average Bonchev–Trinajstić information content (AvgIpc) is 2.14. The van der Waals surface area contributed by atoms with E-state index in [0.717, 1.165) is 102 Å². The Balaban J connectivity index is 5.24. The molecule has 0 aliphatic heterocycles. The van der Waals surface area contributed by atoms with Crippen molar-refractivity contribution in [2.24, 2.45) is 5.92 Å². The number of ether oxygens (including phenoxy) is 4. The maximum absolute atomic E-state index is 13.1. The highest BCUT2D eigenvalue weighted by molar-refractivity contribution is 7.47. The molecule has 552 valence electrons. The molecule has 0 rings (SSSR count). The number of aliphatic hydroxyl groups excluding tert-OH is 1. The van der Waals surface area contributed by atoms with Crippen LogP contribution < -0.4 is 0 Å². The fourth-order valence-corrected chi connectivity index (χ4v) is 12.9. The van der Waals surface area contributed by atoms with Crippen LogP contribution in [-0.2, 0) is 65.4 Å². The molecule has 6 atom stereocenters.